The topological polar surface area (TPSA) is 97.3 Å². The van der Waals surface area contributed by atoms with E-state index in [9.17, 15) is 22.8 Å². The molecule has 1 saturated heterocycles. The summed E-state index contributed by atoms with van der Waals surface area (Å²) in [7, 11) is 1.78. The van der Waals surface area contributed by atoms with Crippen molar-refractivity contribution in [2.75, 3.05) is 46.5 Å². The Morgan fingerprint density at radius 3 is 2.21 bits per heavy atom. The Balaban J connectivity index is 0.000000416. The molecule has 1 N–H and O–H groups in total. The van der Waals surface area contributed by atoms with Crippen LogP contribution in [0.15, 0.2) is 59.8 Å². The average molecular weight is 788 g/mol. The first-order valence-electron chi connectivity index (χ1n) is 19.3. The number of aliphatic imine (C=N–C) groups is 1. The van der Waals surface area contributed by atoms with Crippen LogP contribution >= 0.6 is 0 Å². The zero-order valence-electron chi connectivity index (χ0n) is 34.5. The number of nitrogens with zero attached hydrogens (tertiary/aromatic N) is 2. The fourth-order valence-corrected chi connectivity index (χ4v) is 7.63. The first-order chi connectivity index (χ1) is 26.4. The Morgan fingerprint density at radius 1 is 1.07 bits per heavy atom. The molecule has 1 aliphatic heterocycles. The monoisotopic (exact) mass is 787 g/mol. The minimum Gasteiger partial charge on any atom is -0.492 e. The van der Waals surface area contributed by atoms with E-state index in [2.05, 4.69) is 28.7 Å². The number of morpholine rings is 1. The maximum atomic E-state index is 15.6. The molecular formula is C44H61F4N3O5. The highest BCUT2D eigenvalue weighted by molar-refractivity contribution is 6.10. The number of hydrogen-bond donors (Lipinski definition) is 1. The maximum Gasteiger partial charge on any atom is 0.416 e. The summed E-state index contributed by atoms with van der Waals surface area (Å²) < 4.78 is 65.1. The molecule has 0 amide bonds. The van der Waals surface area contributed by atoms with Crippen molar-refractivity contribution in [2.24, 2.45) is 10.4 Å². The summed E-state index contributed by atoms with van der Waals surface area (Å²) in [5.74, 6) is -0.0854. The third kappa shape index (κ3) is 13.0. The number of hydrogen-bond acceptors (Lipinski definition) is 8. The van der Waals surface area contributed by atoms with Gasteiger partial charge in [0.05, 0.1) is 36.4 Å². The van der Waals surface area contributed by atoms with Crippen LogP contribution in [0.5, 0.6) is 5.75 Å². The smallest absolute Gasteiger partial charge is 0.416 e. The molecule has 0 radical (unpaired) electrons. The van der Waals surface area contributed by atoms with E-state index >= 15 is 4.39 Å². The van der Waals surface area contributed by atoms with Gasteiger partial charge >= 0.3 is 6.18 Å². The molecule has 1 unspecified atom stereocenters. The molecule has 1 saturated carbocycles. The summed E-state index contributed by atoms with van der Waals surface area (Å²) in [6.45, 7) is 20.2. The van der Waals surface area contributed by atoms with Crippen LogP contribution in [0.4, 0.5) is 17.6 Å². The molecule has 2 fully saturated rings. The Bertz CT molecular complexity index is 1690. The van der Waals surface area contributed by atoms with Gasteiger partial charge in [0.15, 0.2) is 5.78 Å². The lowest BCUT2D eigenvalue weighted by atomic mass is 9.61. The predicted molar refractivity (Wildman–Crippen MR) is 215 cm³/mol. The fourth-order valence-electron chi connectivity index (χ4n) is 7.63. The number of carbonyl (C=O) groups excluding carboxylic acids is 3. The van der Waals surface area contributed by atoms with Gasteiger partial charge in [0, 0.05) is 43.4 Å². The summed E-state index contributed by atoms with van der Waals surface area (Å²) in [4.78, 5) is 40.6. The van der Waals surface area contributed by atoms with E-state index < -0.39 is 17.3 Å². The number of Topliss-reactive ketones (excluding diaryl/α,β-unsaturated/α-hetero) is 2. The Kier molecular flexibility index (Phi) is 19.5. The second kappa shape index (κ2) is 22.7. The van der Waals surface area contributed by atoms with Crippen molar-refractivity contribution >= 4 is 23.6 Å². The minimum absolute atomic E-state index is 0.130. The Hall–Kier alpha value is -4.00. The van der Waals surface area contributed by atoms with Gasteiger partial charge in [-0.3, -0.25) is 19.5 Å². The third-order valence-corrected chi connectivity index (χ3v) is 10.6. The number of halogens is 4. The van der Waals surface area contributed by atoms with Crippen LogP contribution < -0.4 is 10.1 Å². The van der Waals surface area contributed by atoms with Crippen molar-refractivity contribution in [1.29, 1.82) is 0 Å². The number of rotatable bonds is 15. The van der Waals surface area contributed by atoms with Crippen LogP contribution in [0.1, 0.15) is 101 Å². The van der Waals surface area contributed by atoms with Gasteiger partial charge < -0.3 is 19.6 Å². The average Bonchev–Trinajstić information content (AvgIpc) is 3.64. The number of ketones is 2. The van der Waals surface area contributed by atoms with E-state index in [1.807, 2.05) is 19.9 Å². The number of aldehydes is 1. The van der Waals surface area contributed by atoms with Crippen molar-refractivity contribution in [2.45, 2.75) is 105 Å². The highest BCUT2D eigenvalue weighted by Crippen LogP contribution is 2.51. The van der Waals surface area contributed by atoms with Crippen LogP contribution in [0.2, 0.25) is 0 Å². The molecule has 2 aromatic carbocycles. The van der Waals surface area contributed by atoms with E-state index in [0.29, 0.717) is 34.8 Å². The zero-order chi connectivity index (χ0) is 42.1. The molecule has 0 bridgehead atoms. The van der Waals surface area contributed by atoms with Crippen molar-refractivity contribution in [3.8, 4) is 5.75 Å². The molecule has 1 atom stereocenters. The van der Waals surface area contributed by atoms with Gasteiger partial charge in [0.1, 0.15) is 30.2 Å². The lowest BCUT2D eigenvalue weighted by Crippen LogP contribution is -2.63. The quantitative estimate of drug-likeness (QED) is 0.0834. The standard InChI is InChI=1S/C27H41FN2O4.C15H16F3N.C2H4O/c1-5-26(10-6-7-11-26)27(29-4,24(32)18-20(2)31)19-22-8-9-23(21(3)25(22)28)34-17-14-30-12-15-33-16-13-30;1-5-19-14(8-10(2)3)13-9-12(15(16,17)18)7-6-11(13)4;1-2-3/h8-9,29H,5-7,10-19H2,1-4H3;5-9H,1H2,2-4H3;2H,1H3. The molecule has 0 aromatic heterocycles. The van der Waals surface area contributed by atoms with Crippen molar-refractivity contribution < 1.29 is 41.4 Å². The van der Waals surface area contributed by atoms with Gasteiger partial charge in [0.25, 0.3) is 0 Å². The van der Waals surface area contributed by atoms with E-state index in [4.69, 9.17) is 14.3 Å². The van der Waals surface area contributed by atoms with Gasteiger partial charge in [0.2, 0.25) is 0 Å². The third-order valence-electron chi connectivity index (χ3n) is 10.6. The number of aryl methyl sites for hydroxylation is 1. The molecule has 12 heteroatoms. The highest BCUT2D eigenvalue weighted by Gasteiger charge is 2.55. The largest absolute Gasteiger partial charge is 0.492 e. The molecular weight excluding hydrogens is 726 g/mol. The maximum absolute atomic E-state index is 15.6. The summed E-state index contributed by atoms with van der Waals surface area (Å²) in [6, 6.07) is 7.22. The molecule has 1 aliphatic carbocycles. The fraction of sp³-hybridized carbons (Fsp3) is 0.545. The van der Waals surface area contributed by atoms with Crippen LogP contribution in [-0.2, 0) is 31.7 Å². The summed E-state index contributed by atoms with van der Waals surface area (Å²) in [5.41, 5.74) is 1.66. The summed E-state index contributed by atoms with van der Waals surface area (Å²) in [6.07, 6.45) is 4.25. The molecule has 2 aromatic rings. The summed E-state index contributed by atoms with van der Waals surface area (Å²) in [5, 5.41) is 3.32. The Labute approximate surface area is 330 Å². The van der Waals surface area contributed by atoms with Gasteiger partial charge in [-0.2, -0.15) is 13.2 Å². The molecule has 2 aliphatic rings. The number of benzene rings is 2. The van der Waals surface area contributed by atoms with Crippen LogP contribution in [0.3, 0.4) is 0 Å². The van der Waals surface area contributed by atoms with E-state index in [-0.39, 0.29) is 35.6 Å². The zero-order valence-corrected chi connectivity index (χ0v) is 34.5. The number of carbonyl (C=O) groups is 3. The van der Waals surface area contributed by atoms with Crippen molar-refractivity contribution in [3.63, 3.8) is 0 Å². The molecule has 1 heterocycles. The second-order valence-corrected chi connectivity index (χ2v) is 14.6. The number of ether oxygens (including phenoxy) is 2. The van der Waals surface area contributed by atoms with Crippen LogP contribution in [0, 0.1) is 25.1 Å². The number of allylic oxidation sites excluding steroid dienone is 2. The van der Waals surface area contributed by atoms with Crippen LogP contribution in [0.25, 0.3) is 0 Å². The predicted octanol–water partition coefficient (Wildman–Crippen LogP) is 8.98. The molecule has 0 spiro atoms. The van der Waals surface area contributed by atoms with Gasteiger partial charge in [-0.1, -0.05) is 44.1 Å². The molecule has 56 heavy (non-hydrogen) atoms. The summed E-state index contributed by atoms with van der Waals surface area (Å²) >= 11 is 0. The van der Waals surface area contributed by atoms with Crippen molar-refractivity contribution in [3.05, 3.63) is 88.4 Å². The molecule has 8 nitrogen and oxygen atoms in total. The van der Waals surface area contributed by atoms with Crippen LogP contribution in [-0.4, -0.2) is 80.5 Å². The van der Waals surface area contributed by atoms with E-state index in [0.717, 1.165) is 94.5 Å². The molecule has 4 rings (SSSR count). The first-order valence-corrected chi connectivity index (χ1v) is 19.3. The SMILES string of the molecule is C=CN=C(C=C(C)C)c1cc(C(F)(F)F)ccc1C.CC=O.CCC1(C(Cc2ccc(OCCN3CCOCC3)c(C)c2F)(NC)C(=O)CC(C)=O)CCCC1. The number of alkyl halides is 3. The number of nitrogens with one attached hydrogen (secondary N) is 1. The van der Waals surface area contributed by atoms with Gasteiger partial charge in [-0.15, -0.1) is 0 Å². The second-order valence-electron chi connectivity index (χ2n) is 14.6. The van der Waals surface area contributed by atoms with E-state index in [1.165, 1.54) is 26.1 Å². The van der Waals surface area contributed by atoms with Gasteiger partial charge in [-0.05, 0) is 109 Å². The van der Waals surface area contributed by atoms with E-state index in [1.54, 1.807) is 33.0 Å². The molecule has 310 valence electrons. The lowest BCUT2D eigenvalue weighted by Gasteiger charge is -2.48. The minimum atomic E-state index is -4.35. The normalized spacial score (nSPS) is 16.6. The van der Waals surface area contributed by atoms with Gasteiger partial charge in [-0.25, -0.2) is 4.39 Å². The number of likely N-dealkylation sites (N-methyl/N-ethyl adjacent to an activating group) is 1. The lowest BCUT2D eigenvalue weighted by molar-refractivity contribution is -0.138. The highest BCUT2D eigenvalue weighted by atomic mass is 19.4. The first kappa shape index (κ1) is 48.1. The van der Waals surface area contributed by atoms with Crippen molar-refractivity contribution in [1.82, 2.24) is 10.2 Å². The Morgan fingerprint density at radius 2 is 1.70 bits per heavy atom.